The molecule has 4 N–H and O–H groups in total. The first-order valence-electron chi connectivity index (χ1n) is 12.0. The highest BCUT2D eigenvalue weighted by molar-refractivity contribution is 7.71. The van der Waals surface area contributed by atoms with Crippen LogP contribution in [0.3, 0.4) is 0 Å². The second kappa shape index (κ2) is 10.9. The number of nitrogens with two attached hydrogens (primary N) is 1. The molecule has 0 spiro atoms. The van der Waals surface area contributed by atoms with Crippen molar-refractivity contribution in [3.05, 3.63) is 122 Å². The normalized spacial score (nSPS) is 10.6. The summed E-state index contributed by atoms with van der Waals surface area (Å²) in [5.74, 6) is -1.13. The Labute approximate surface area is 237 Å². The number of anilines is 2. The van der Waals surface area contributed by atoms with Crippen LogP contribution in [0.15, 0.2) is 84.9 Å². The van der Waals surface area contributed by atoms with Gasteiger partial charge in [-0.1, -0.05) is 66.2 Å². The van der Waals surface area contributed by atoms with Gasteiger partial charge in [-0.2, -0.15) is 10.4 Å². The summed E-state index contributed by atoms with van der Waals surface area (Å²) in [6.45, 7) is 1.91. The standard InChI is InChI=1S/C29H21N7O2S2/c1-17-12-14-18(15-13-17)24(37)25-22(31)21(16-30)28(40-25)33-27(38)23-26(32)35(19-8-4-2-5-9-19)29(39)36(34-23)20-10-6-3-7-11-20/h2-15,32H,31H2,1H3,(H,33,38). The number of hydrogen-bond donors (Lipinski definition) is 3. The molecule has 0 radical (unpaired) electrons. The molecule has 0 fully saturated rings. The quantitative estimate of drug-likeness (QED) is 0.192. The molecule has 0 aliphatic rings. The van der Waals surface area contributed by atoms with Crippen molar-refractivity contribution < 1.29 is 9.59 Å². The topological polar surface area (TPSA) is 143 Å². The van der Waals surface area contributed by atoms with Crippen LogP contribution in [-0.4, -0.2) is 26.0 Å². The molecule has 0 aliphatic heterocycles. The van der Waals surface area contributed by atoms with Crippen LogP contribution in [0.25, 0.3) is 11.4 Å². The van der Waals surface area contributed by atoms with E-state index >= 15 is 0 Å². The van der Waals surface area contributed by atoms with Crippen LogP contribution in [-0.2, 0) is 0 Å². The smallest absolute Gasteiger partial charge is 0.280 e. The molecule has 40 heavy (non-hydrogen) atoms. The van der Waals surface area contributed by atoms with Gasteiger partial charge in [0.1, 0.15) is 21.5 Å². The van der Waals surface area contributed by atoms with E-state index in [0.717, 1.165) is 16.9 Å². The fourth-order valence-corrected chi connectivity index (χ4v) is 5.37. The van der Waals surface area contributed by atoms with E-state index in [1.807, 2.05) is 25.1 Å². The number of nitriles is 1. The molecule has 11 heteroatoms. The van der Waals surface area contributed by atoms with E-state index in [1.165, 1.54) is 9.25 Å². The van der Waals surface area contributed by atoms with E-state index in [4.69, 9.17) is 23.4 Å². The van der Waals surface area contributed by atoms with Gasteiger partial charge in [0.2, 0.25) is 10.6 Å². The van der Waals surface area contributed by atoms with E-state index in [0.29, 0.717) is 16.9 Å². The molecule has 2 aromatic heterocycles. The molecule has 0 aliphatic carbocycles. The molecule has 3 aromatic carbocycles. The Hall–Kier alpha value is -5.18. The van der Waals surface area contributed by atoms with Crippen molar-refractivity contribution in [2.75, 3.05) is 11.1 Å². The number of hydrogen-bond acceptors (Lipinski definition) is 8. The van der Waals surface area contributed by atoms with E-state index in [9.17, 15) is 14.9 Å². The minimum atomic E-state index is -0.763. The Balaban J connectivity index is 1.61. The summed E-state index contributed by atoms with van der Waals surface area (Å²) in [5.41, 5.74) is 8.20. The second-order valence-corrected chi connectivity index (χ2v) is 10.1. The number of ketones is 1. The number of rotatable bonds is 6. The SMILES string of the molecule is Cc1ccc(C(=O)c2sc(NC(=O)c3nn(-c4ccccc4)c(=S)n(-c4ccccc4)c3=N)c(C#N)c2N)cc1. The van der Waals surface area contributed by atoms with E-state index in [-0.39, 0.29) is 42.9 Å². The van der Waals surface area contributed by atoms with Crippen molar-refractivity contribution in [2.45, 2.75) is 6.92 Å². The zero-order valence-corrected chi connectivity index (χ0v) is 22.7. The van der Waals surface area contributed by atoms with Crippen molar-refractivity contribution in [1.82, 2.24) is 14.3 Å². The molecule has 0 unspecified atom stereocenters. The number of nitrogens with zero attached hydrogens (tertiary/aromatic N) is 4. The number of amides is 1. The third kappa shape index (κ3) is 4.84. The molecule has 0 saturated heterocycles. The average molecular weight is 564 g/mol. The maximum atomic E-state index is 13.6. The van der Waals surface area contributed by atoms with Crippen molar-refractivity contribution in [1.29, 1.82) is 10.7 Å². The van der Waals surface area contributed by atoms with Gasteiger partial charge < -0.3 is 11.1 Å². The molecular formula is C29H21N7O2S2. The maximum absolute atomic E-state index is 13.6. The van der Waals surface area contributed by atoms with Gasteiger partial charge >= 0.3 is 0 Å². The fraction of sp³-hybridized carbons (Fsp3) is 0.0345. The first-order valence-corrected chi connectivity index (χ1v) is 13.2. The average Bonchev–Trinajstić information content (AvgIpc) is 3.28. The number of thiophene rings is 1. The highest BCUT2D eigenvalue weighted by Crippen LogP contribution is 2.36. The summed E-state index contributed by atoms with van der Waals surface area (Å²) in [5, 5.41) is 25.8. The third-order valence-electron chi connectivity index (χ3n) is 6.05. The molecule has 2 heterocycles. The Morgan fingerprint density at radius 1 is 1.00 bits per heavy atom. The molecule has 0 saturated carbocycles. The lowest BCUT2D eigenvalue weighted by Gasteiger charge is -2.15. The van der Waals surface area contributed by atoms with Crippen LogP contribution in [0.4, 0.5) is 10.7 Å². The predicted octanol–water partition coefficient (Wildman–Crippen LogP) is 5.18. The van der Waals surface area contributed by atoms with Gasteiger partial charge in [0, 0.05) is 11.3 Å². The summed E-state index contributed by atoms with van der Waals surface area (Å²) < 4.78 is 3.02. The van der Waals surface area contributed by atoms with Gasteiger partial charge in [-0.3, -0.25) is 19.6 Å². The highest BCUT2D eigenvalue weighted by atomic mass is 32.1. The van der Waals surface area contributed by atoms with E-state index < -0.39 is 5.91 Å². The Morgan fingerprint density at radius 3 is 2.20 bits per heavy atom. The summed E-state index contributed by atoms with van der Waals surface area (Å²) in [7, 11) is 0. The maximum Gasteiger partial charge on any atom is 0.280 e. The van der Waals surface area contributed by atoms with Gasteiger partial charge in [0.25, 0.3) is 5.91 Å². The molecule has 1 amide bonds. The predicted molar refractivity (Wildman–Crippen MR) is 156 cm³/mol. The van der Waals surface area contributed by atoms with Gasteiger partial charge in [0.05, 0.1) is 11.4 Å². The number of benzene rings is 3. The molecule has 9 nitrogen and oxygen atoms in total. The van der Waals surface area contributed by atoms with Gasteiger partial charge in [-0.15, -0.1) is 11.3 Å². The summed E-state index contributed by atoms with van der Waals surface area (Å²) in [4.78, 5) is 26.9. The van der Waals surface area contributed by atoms with Crippen LogP contribution < -0.4 is 16.5 Å². The second-order valence-electron chi connectivity index (χ2n) is 8.71. The van der Waals surface area contributed by atoms with Crippen molar-refractivity contribution >= 4 is 45.9 Å². The Morgan fingerprint density at radius 2 is 1.60 bits per heavy atom. The number of carbonyl (C=O) groups is 2. The number of nitrogens with one attached hydrogen (secondary N) is 2. The summed E-state index contributed by atoms with van der Waals surface area (Å²) in [6.07, 6.45) is 0. The molecule has 5 rings (SSSR count). The first kappa shape index (κ1) is 26.4. The minimum Gasteiger partial charge on any atom is -0.396 e. The monoisotopic (exact) mass is 563 g/mol. The Bertz CT molecular complexity index is 1920. The van der Waals surface area contributed by atoms with Crippen LogP contribution in [0.5, 0.6) is 0 Å². The number of nitrogen functional groups attached to an aromatic ring is 1. The van der Waals surface area contributed by atoms with E-state index in [2.05, 4.69) is 10.4 Å². The lowest BCUT2D eigenvalue weighted by Crippen LogP contribution is -2.34. The Kier molecular flexibility index (Phi) is 7.20. The van der Waals surface area contributed by atoms with Crippen molar-refractivity contribution in [2.24, 2.45) is 0 Å². The van der Waals surface area contributed by atoms with Crippen LogP contribution >= 0.6 is 23.6 Å². The number of aryl methyl sites for hydroxylation is 1. The molecule has 5 aromatic rings. The lowest BCUT2D eigenvalue weighted by atomic mass is 10.1. The first-order chi connectivity index (χ1) is 19.3. The van der Waals surface area contributed by atoms with Crippen LogP contribution in [0.2, 0.25) is 0 Å². The van der Waals surface area contributed by atoms with Gasteiger partial charge in [-0.25, -0.2) is 4.68 Å². The number of aromatic nitrogens is 3. The lowest BCUT2D eigenvalue weighted by molar-refractivity contribution is 0.101. The molecular weight excluding hydrogens is 543 g/mol. The van der Waals surface area contributed by atoms with Gasteiger partial charge in [0.15, 0.2) is 11.2 Å². The van der Waals surface area contributed by atoms with Gasteiger partial charge in [-0.05, 0) is 43.4 Å². The molecule has 196 valence electrons. The van der Waals surface area contributed by atoms with E-state index in [1.54, 1.807) is 72.8 Å². The largest absolute Gasteiger partial charge is 0.396 e. The van der Waals surface area contributed by atoms with Crippen LogP contribution in [0, 0.1) is 28.4 Å². The minimum absolute atomic E-state index is 0.0213. The number of carbonyl (C=O) groups excluding carboxylic acids is 2. The zero-order valence-electron chi connectivity index (χ0n) is 21.1. The highest BCUT2D eigenvalue weighted by Gasteiger charge is 2.25. The molecule has 0 atom stereocenters. The summed E-state index contributed by atoms with van der Waals surface area (Å²) >= 11 is 6.58. The fourth-order valence-electron chi connectivity index (χ4n) is 4.00. The zero-order chi connectivity index (χ0) is 28.4. The van der Waals surface area contributed by atoms with Crippen LogP contribution in [0.1, 0.15) is 36.9 Å². The third-order valence-corrected chi connectivity index (χ3v) is 7.53. The summed E-state index contributed by atoms with van der Waals surface area (Å²) in [6, 6.07) is 26.9. The van der Waals surface area contributed by atoms with Crippen molar-refractivity contribution in [3.63, 3.8) is 0 Å². The number of para-hydroxylation sites is 2. The van der Waals surface area contributed by atoms with Crippen molar-refractivity contribution in [3.8, 4) is 17.4 Å². The molecule has 0 bridgehead atoms.